The molecule has 0 aliphatic rings. The Morgan fingerprint density at radius 3 is 3.06 bits per heavy atom. The molecule has 2 rings (SSSR count). The van der Waals surface area contributed by atoms with Crippen LogP contribution in [0.4, 0.5) is 0 Å². The topological polar surface area (TPSA) is 55.1 Å². The van der Waals surface area contributed by atoms with Crippen LogP contribution in [-0.4, -0.2) is 32.2 Å². The Hall–Kier alpha value is -1.49. The third-order valence-electron chi connectivity index (χ3n) is 2.90. The van der Waals surface area contributed by atoms with Crippen LogP contribution in [-0.2, 0) is 6.42 Å². The van der Waals surface area contributed by atoms with Gasteiger partial charge in [0.05, 0.1) is 5.69 Å². The maximum absolute atomic E-state index is 4.41. The van der Waals surface area contributed by atoms with Crippen LogP contribution in [0.3, 0.4) is 0 Å². The molecule has 2 aromatic heterocycles. The summed E-state index contributed by atoms with van der Waals surface area (Å²) in [7, 11) is 0. The average Bonchev–Trinajstić information content (AvgIpc) is 2.83. The van der Waals surface area contributed by atoms with Crippen molar-refractivity contribution in [3.05, 3.63) is 24.4 Å². The lowest BCUT2D eigenvalue weighted by Crippen LogP contribution is -2.31. The molecule has 0 aliphatic carbocycles. The fourth-order valence-corrected chi connectivity index (χ4v) is 1.90. The Labute approximate surface area is 101 Å². The van der Waals surface area contributed by atoms with Crippen molar-refractivity contribution in [1.82, 2.24) is 24.9 Å². The third-order valence-corrected chi connectivity index (χ3v) is 2.90. The lowest BCUT2D eigenvalue weighted by atomic mass is 10.1. The van der Waals surface area contributed by atoms with E-state index in [1.807, 2.05) is 10.6 Å². The summed E-state index contributed by atoms with van der Waals surface area (Å²) in [6, 6.07) is 0.463. The Morgan fingerprint density at radius 2 is 2.29 bits per heavy atom. The number of aromatic nitrogens is 4. The van der Waals surface area contributed by atoms with E-state index in [-0.39, 0.29) is 0 Å². The van der Waals surface area contributed by atoms with E-state index < -0.39 is 0 Å². The predicted molar refractivity (Wildman–Crippen MR) is 66.9 cm³/mol. The van der Waals surface area contributed by atoms with Crippen LogP contribution in [0.25, 0.3) is 5.65 Å². The SMILES string of the molecule is CCCNC(CC)Cc1nccn2cnnc12. The van der Waals surface area contributed by atoms with Crippen molar-refractivity contribution in [3.63, 3.8) is 0 Å². The summed E-state index contributed by atoms with van der Waals surface area (Å²) in [6.45, 7) is 5.42. The van der Waals surface area contributed by atoms with Crippen molar-refractivity contribution in [3.8, 4) is 0 Å². The van der Waals surface area contributed by atoms with Gasteiger partial charge in [-0.2, -0.15) is 0 Å². The highest BCUT2D eigenvalue weighted by atomic mass is 15.2. The van der Waals surface area contributed by atoms with E-state index in [4.69, 9.17) is 0 Å². The Balaban J connectivity index is 2.13. The van der Waals surface area contributed by atoms with Crippen molar-refractivity contribution in [1.29, 1.82) is 0 Å². The highest BCUT2D eigenvalue weighted by Crippen LogP contribution is 2.08. The molecule has 0 saturated carbocycles. The fraction of sp³-hybridized carbons (Fsp3) is 0.583. The Bertz CT molecular complexity index is 465. The number of hydrogen-bond donors (Lipinski definition) is 1. The molecule has 0 amide bonds. The van der Waals surface area contributed by atoms with E-state index in [9.17, 15) is 0 Å². The molecule has 0 radical (unpaired) electrons. The zero-order valence-electron chi connectivity index (χ0n) is 10.4. The van der Waals surface area contributed by atoms with Crippen LogP contribution >= 0.6 is 0 Å². The molecule has 1 unspecified atom stereocenters. The summed E-state index contributed by atoms with van der Waals surface area (Å²) in [5.74, 6) is 0. The maximum Gasteiger partial charge on any atom is 0.182 e. The summed E-state index contributed by atoms with van der Waals surface area (Å²) in [4.78, 5) is 4.41. The minimum atomic E-state index is 0.463. The zero-order chi connectivity index (χ0) is 12.1. The molecular formula is C12H19N5. The van der Waals surface area contributed by atoms with Crippen LogP contribution in [0.5, 0.6) is 0 Å². The minimum absolute atomic E-state index is 0.463. The van der Waals surface area contributed by atoms with Gasteiger partial charge in [0.2, 0.25) is 0 Å². The molecule has 0 aromatic carbocycles. The van der Waals surface area contributed by atoms with Gasteiger partial charge in [-0.15, -0.1) is 10.2 Å². The molecule has 0 aliphatic heterocycles. The molecule has 17 heavy (non-hydrogen) atoms. The fourth-order valence-electron chi connectivity index (χ4n) is 1.90. The molecule has 1 atom stereocenters. The molecule has 1 N–H and O–H groups in total. The Kier molecular flexibility index (Phi) is 4.03. The monoisotopic (exact) mass is 233 g/mol. The van der Waals surface area contributed by atoms with Crippen LogP contribution in [0.2, 0.25) is 0 Å². The van der Waals surface area contributed by atoms with E-state index in [1.165, 1.54) is 0 Å². The summed E-state index contributed by atoms with van der Waals surface area (Å²) in [5.41, 5.74) is 1.88. The van der Waals surface area contributed by atoms with Crippen LogP contribution in [0.15, 0.2) is 18.7 Å². The summed E-state index contributed by atoms with van der Waals surface area (Å²) in [6.07, 6.45) is 8.54. The zero-order valence-corrected chi connectivity index (χ0v) is 10.4. The van der Waals surface area contributed by atoms with Gasteiger partial charge >= 0.3 is 0 Å². The first-order valence-electron chi connectivity index (χ1n) is 6.21. The molecule has 0 fully saturated rings. The normalized spacial score (nSPS) is 13.1. The highest BCUT2D eigenvalue weighted by molar-refractivity contribution is 5.42. The van der Waals surface area contributed by atoms with E-state index in [1.54, 1.807) is 12.5 Å². The number of nitrogens with one attached hydrogen (secondary N) is 1. The quantitative estimate of drug-likeness (QED) is 0.820. The second-order valence-corrected chi connectivity index (χ2v) is 4.20. The van der Waals surface area contributed by atoms with Crippen molar-refractivity contribution in [2.75, 3.05) is 6.54 Å². The van der Waals surface area contributed by atoms with Gasteiger partial charge in [-0.25, -0.2) is 0 Å². The number of nitrogens with zero attached hydrogens (tertiary/aromatic N) is 4. The Morgan fingerprint density at radius 1 is 1.41 bits per heavy atom. The minimum Gasteiger partial charge on any atom is -0.314 e. The van der Waals surface area contributed by atoms with E-state index in [0.717, 1.165) is 37.1 Å². The summed E-state index contributed by atoms with van der Waals surface area (Å²) in [5, 5.41) is 11.5. The largest absolute Gasteiger partial charge is 0.314 e. The first kappa shape index (κ1) is 12.0. The van der Waals surface area contributed by atoms with Gasteiger partial charge in [-0.05, 0) is 19.4 Å². The van der Waals surface area contributed by atoms with E-state index in [2.05, 4.69) is 34.3 Å². The molecular weight excluding hydrogens is 214 g/mol. The van der Waals surface area contributed by atoms with Gasteiger partial charge < -0.3 is 5.32 Å². The molecule has 92 valence electrons. The number of fused-ring (bicyclic) bond motifs is 1. The maximum atomic E-state index is 4.41. The molecule has 0 spiro atoms. The number of rotatable bonds is 6. The van der Waals surface area contributed by atoms with Gasteiger partial charge in [0.15, 0.2) is 5.65 Å². The van der Waals surface area contributed by atoms with Crippen molar-refractivity contribution >= 4 is 5.65 Å². The molecule has 2 aromatic rings. The summed E-state index contributed by atoms with van der Waals surface area (Å²) < 4.78 is 1.91. The summed E-state index contributed by atoms with van der Waals surface area (Å²) >= 11 is 0. The third kappa shape index (κ3) is 2.79. The van der Waals surface area contributed by atoms with Crippen LogP contribution in [0, 0.1) is 0 Å². The lowest BCUT2D eigenvalue weighted by Gasteiger charge is -2.15. The first-order chi connectivity index (χ1) is 8.35. The van der Waals surface area contributed by atoms with Gasteiger partial charge in [-0.3, -0.25) is 9.38 Å². The van der Waals surface area contributed by atoms with Gasteiger partial charge in [0.1, 0.15) is 6.33 Å². The molecule has 5 nitrogen and oxygen atoms in total. The standard InChI is InChI=1S/C12H19N5/c1-3-5-13-10(4-2)8-11-12-16-15-9-17(12)7-6-14-11/h6-7,9-10,13H,3-5,8H2,1-2H3. The average molecular weight is 233 g/mol. The first-order valence-corrected chi connectivity index (χ1v) is 6.21. The van der Waals surface area contributed by atoms with E-state index >= 15 is 0 Å². The second-order valence-electron chi connectivity index (χ2n) is 4.20. The van der Waals surface area contributed by atoms with Crippen LogP contribution in [0.1, 0.15) is 32.4 Å². The molecule has 2 heterocycles. The highest BCUT2D eigenvalue weighted by Gasteiger charge is 2.11. The second kappa shape index (κ2) is 5.72. The van der Waals surface area contributed by atoms with Crippen molar-refractivity contribution < 1.29 is 0 Å². The van der Waals surface area contributed by atoms with Gasteiger partial charge in [0, 0.05) is 24.9 Å². The molecule has 0 bridgehead atoms. The van der Waals surface area contributed by atoms with E-state index in [0.29, 0.717) is 6.04 Å². The lowest BCUT2D eigenvalue weighted by molar-refractivity contribution is 0.491. The van der Waals surface area contributed by atoms with Crippen molar-refractivity contribution in [2.45, 2.75) is 39.2 Å². The van der Waals surface area contributed by atoms with Crippen molar-refractivity contribution in [2.24, 2.45) is 0 Å². The predicted octanol–water partition coefficient (Wildman–Crippen LogP) is 1.44. The smallest absolute Gasteiger partial charge is 0.182 e. The number of hydrogen-bond acceptors (Lipinski definition) is 4. The molecule has 5 heteroatoms. The van der Waals surface area contributed by atoms with Crippen LogP contribution < -0.4 is 5.32 Å². The van der Waals surface area contributed by atoms with Gasteiger partial charge in [-0.1, -0.05) is 13.8 Å². The van der Waals surface area contributed by atoms with Gasteiger partial charge in [0.25, 0.3) is 0 Å². The molecule has 0 saturated heterocycles.